The molecule has 1 fully saturated rings. The van der Waals surface area contributed by atoms with Gasteiger partial charge in [-0.2, -0.15) is 0 Å². The van der Waals surface area contributed by atoms with E-state index in [1.165, 1.54) is 12.1 Å². The van der Waals surface area contributed by atoms with Gasteiger partial charge in [0.2, 0.25) is 0 Å². The van der Waals surface area contributed by atoms with Crippen molar-refractivity contribution in [3.05, 3.63) is 58.9 Å². The van der Waals surface area contributed by atoms with Crippen LogP contribution in [0.1, 0.15) is 40.3 Å². The summed E-state index contributed by atoms with van der Waals surface area (Å²) in [4.78, 5) is 25.6. The molecule has 0 N–H and O–H groups in total. The van der Waals surface area contributed by atoms with E-state index in [1.807, 2.05) is 26.1 Å². The zero-order valence-electron chi connectivity index (χ0n) is 15.2. The van der Waals surface area contributed by atoms with Crippen LogP contribution in [0.25, 0.3) is 0 Å². The van der Waals surface area contributed by atoms with Crippen molar-refractivity contribution in [2.75, 3.05) is 26.7 Å². The van der Waals surface area contributed by atoms with Crippen LogP contribution in [0.4, 0.5) is 4.39 Å². The van der Waals surface area contributed by atoms with Crippen molar-refractivity contribution < 1.29 is 9.18 Å². The van der Waals surface area contributed by atoms with Gasteiger partial charge in [0, 0.05) is 31.7 Å². The van der Waals surface area contributed by atoms with Gasteiger partial charge in [-0.1, -0.05) is 12.1 Å². The largest absolute Gasteiger partial charge is 0.341 e. The molecule has 4 rings (SSSR count). The second kappa shape index (κ2) is 6.43. The average Bonchev–Trinajstić information content (AvgIpc) is 2.64. The number of hydrogen-bond donors (Lipinski definition) is 0. The molecule has 0 aliphatic carbocycles. The molecule has 2 aromatic rings. The van der Waals surface area contributed by atoms with Gasteiger partial charge in [-0.3, -0.25) is 9.69 Å². The van der Waals surface area contributed by atoms with Crippen LogP contribution in [-0.2, 0) is 12.0 Å². The number of carbonyl (C=O) groups excluding carboxylic acids is 1. The van der Waals surface area contributed by atoms with Crippen molar-refractivity contribution in [2.24, 2.45) is 0 Å². The fraction of sp³-hybridized carbons (Fsp3) is 0.450. The molecule has 1 spiro atoms. The number of rotatable bonds is 2. The SMILES string of the molecule is Cc1ncc2c(n1)C1(CCN(Cc3ccc(F)cc3)CC1)CN(C)C2=O. The summed E-state index contributed by atoms with van der Waals surface area (Å²) in [6, 6.07) is 6.72. The third kappa shape index (κ3) is 2.98. The van der Waals surface area contributed by atoms with E-state index >= 15 is 0 Å². The minimum Gasteiger partial charge on any atom is -0.341 e. The Morgan fingerprint density at radius 2 is 1.88 bits per heavy atom. The molecule has 26 heavy (non-hydrogen) atoms. The van der Waals surface area contributed by atoms with E-state index in [-0.39, 0.29) is 17.1 Å². The van der Waals surface area contributed by atoms with E-state index in [4.69, 9.17) is 0 Å². The Hall–Kier alpha value is -2.34. The van der Waals surface area contributed by atoms with Gasteiger partial charge in [-0.15, -0.1) is 0 Å². The summed E-state index contributed by atoms with van der Waals surface area (Å²) in [6.45, 7) is 5.27. The number of likely N-dealkylation sites (N-methyl/N-ethyl adjacent to an activating group) is 1. The molecule has 0 saturated carbocycles. The summed E-state index contributed by atoms with van der Waals surface area (Å²) in [5.41, 5.74) is 2.60. The maximum Gasteiger partial charge on any atom is 0.257 e. The predicted octanol–water partition coefficient (Wildman–Crippen LogP) is 2.54. The molecule has 0 atom stereocenters. The molecular weight excluding hydrogens is 331 g/mol. The van der Waals surface area contributed by atoms with Crippen LogP contribution in [-0.4, -0.2) is 52.4 Å². The predicted molar refractivity (Wildman–Crippen MR) is 96.3 cm³/mol. The molecule has 0 radical (unpaired) electrons. The minimum absolute atomic E-state index is 0.0133. The van der Waals surface area contributed by atoms with Crippen LogP contribution in [0.3, 0.4) is 0 Å². The molecule has 136 valence electrons. The highest BCUT2D eigenvalue weighted by Crippen LogP contribution is 2.40. The lowest BCUT2D eigenvalue weighted by Crippen LogP contribution is -2.53. The molecule has 6 heteroatoms. The van der Waals surface area contributed by atoms with Crippen LogP contribution >= 0.6 is 0 Å². The molecule has 1 aromatic heterocycles. The lowest BCUT2D eigenvalue weighted by atomic mass is 9.71. The zero-order chi connectivity index (χ0) is 18.3. The van der Waals surface area contributed by atoms with E-state index in [0.29, 0.717) is 17.9 Å². The van der Waals surface area contributed by atoms with Crippen molar-refractivity contribution in [3.63, 3.8) is 0 Å². The average molecular weight is 354 g/mol. The Balaban J connectivity index is 1.54. The van der Waals surface area contributed by atoms with Gasteiger partial charge in [-0.25, -0.2) is 14.4 Å². The highest BCUT2D eigenvalue weighted by molar-refractivity contribution is 5.96. The number of halogens is 1. The van der Waals surface area contributed by atoms with Crippen molar-refractivity contribution in [3.8, 4) is 0 Å². The van der Waals surface area contributed by atoms with Gasteiger partial charge in [-0.05, 0) is 50.6 Å². The molecular formula is C20H23FN4O. The second-order valence-electron chi connectivity index (χ2n) is 7.52. The number of benzene rings is 1. The van der Waals surface area contributed by atoms with Crippen molar-refractivity contribution in [2.45, 2.75) is 31.7 Å². The standard InChI is InChI=1S/C20H23FN4O/c1-14-22-11-17-18(23-14)20(13-24(2)19(17)26)7-9-25(10-8-20)12-15-3-5-16(21)6-4-15/h3-6,11H,7-10,12-13H2,1-2H3. The Labute approximate surface area is 152 Å². The third-order valence-electron chi connectivity index (χ3n) is 5.66. The first-order valence-electron chi connectivity index (χ1n) is 9.03. The van der Waals surface area contributed by atoms with Gasteiger partial charge in [0.05, 0.1) is 11.3 Å². The maximum atomic E-state index is 13.1. The summed E-state index contributed by atoms with van der Waals surface area (Å²) >= 11 is 0. The van der Waals surface area contributed by atoms with Gasteiger partial charge in [0.1, 0.15) is 11.6 Å². The number of aromatic nitrogens is 2. The molecule has 5 nitrogen and oxygen atoms in total. The Kier molecular flexibility index (Phi) is 4.23. The molecule has 1 saturated heterocycles. The summed E-state index contributed by atoms with van der Waals surface area (Å²) in [7, 11) is 1.86. The molecule has 1 amide bonds. The Bertz CT molecular complexity index is 828. The highest BCUT2D eigenvalue weighted by Gasteiger charge is 2.45. The van der Waals surface area contributed by atoms with Gasteiger partial charge >= 0.3 is 0 Å². The fourth-order valence-electron chi connectivity index (χ4n) is 4.22. The first-order valence-corrected chi connectivity index (χ1v) is 9.03. The summed E-state index contributed by atoms with van der Waals surface area (Å²) in [5, 5.41) is 0. The zero-order valence-corrected chi connectivity index (χ0v) is 15.2. The first-order chi connectivity index (χ1) is 12.5. The number of hydrogen-bond acceptors (Lipinski definition) is 4. The number of carbonyl (C=O) groups is 1. The summed E-state index contributed by atoms with van der Waals surface area (Å²) < 4.78 is 13.1. The second-order valence-corrected chi connectivity index (χ2v) is 7.52. The van der Waals surface area contributed by atoms with Crippen LogP contribution in [0, 0.1) is 12.7 Å². The number of aryl methyl sites for hydroxylation is 1. The number of nitrogens with zero attached hydrogens (tertiary/aromatic N) is 4. The normalized spacial score (nSPS) is 19.7. The minimum atomic E-state index is -0.201. The van der Waals surface area contributed by atoms with E-state index in [2.05, 4.69) is 14.9 Å². The monoisotopic (exact) mass is 354 g/mol. The van der Waals surface area contributed by atoms with Gasteiger partial charge in [0.15, 0.2) is 0 Å². The Morgan fingerprint density at radius 3 is 2.58 bits per heavy atom. The van der Waals surface area contributed by atoms with Crippen LogP contribution < -0.4 is 0 Å². The number of piperidine rings is 1. The van der Waals surface area contributed by atoms with E-state index < -0.39 is 0 Å². The third-order valence-corrected chi connectivity index (χ3v) is 5.66. The maximum absolute atomic E-state index is 13.1. The summed E-state index contributed by atoms with van der Waals surface area (Å²) in [5.74, 6) is 0.529. The molecule has 0 unspecified atom stereocenters. The topological polar surface area (TPSA) is 49.3 Å². The smallest absolute Gasteiger partial charge is 0.257 e. The Morgan fingerprint density at radius 1 is 1.19 bits per heavy atom. The van der Waals surface area contributed by atoms with Crippen molar-refractivity contribution >= 4 is 5.91 Å². The van der Waals surface area contributed by atoms with E-state index in [1.54, 1.807) is 11.1 Å². The molecule has 3 heterocycles. The fourth-order valence-corrected chi connectivity index (χ4v) is 4.22. The van der Waals surface area contributed by atoms with Crippen LogP contribution in [0.15, 0.2) is 30.5 Å². The molecule has 2 aliphatic heterocycles. The number of likely N-dealkylation sites (tertiary alicyclic amines) is 1. The lowest BCUT2D eigenvalue weighted by Gasteiger charge is -2.46. The van der Waals surface area contributed by atoms with Gasteiger partial charge < -0.3 is 4.90 Å². The van der Waals surface area contributed by atoms with Crippen molar-refractivity contribution in [1.82, 2.24) is 19.8 Å². The van der Waals surface area contributed by atoms with Gasteiger partial charge in [0.25, 0.3) is 5.91 Å². The quantitative estimate of drug-likeness (QED) is 0.832. The molecule has 0 bridgehead atoms. The number of amides is 1. The number of fused-ring (bicyclic) bond motifs is 2. The first kappa shape index (κ1) is 17.1. The summed E-state index contributed by atoms with van der Waals surface area (Å²) in [6.07, 6.45) is 3.59. The van der Waals surface area contributed by atoms with Crippen LogP contribution in [0.2, 0.25) is 0 Å². The lowest BCUT2D eigenvalue weighted by molar-refractivity contribution is 0.0623. The van der Waals surface area contributed by atoms with E-state index in [0.717, 1.165) is 43.7 Å². The van der Waals surface area contributed by atoms with E-state index in [9.17, 15) is 9.18 Å². The molecule has 1 aromatic carbocycles. The van der Waals surface area contributed by atoms with Crippen molar-refractivity contribution in [1.29, 1.82) is 0 Å². The van der Waals surface area contributed by atoms with Crippen LogP contribution in [0.5, 0.6) is 0 Å². The molecule has 2 aliphatic rings. The highest BCUT2D eigenvalue weighted by atomic mass is 19.1.